The van der Waals surface area contributed by atoms with Crippen molar-refractivity contribution in [3.8, 4) is 0 Å². The van der Waals surface area contributed by atoms with Crippen LogP contribution in [-0.2, 0) is 34.0 Å². The molecular formula is C29H35N3O3. The molecule has 3 rings (SSSR count). The van der Waals surface area contributed by atoms with E-state index >= 15 is 0 Å². The summed E-state index contributed by atoms with van der Waals surface area (Å²) < 4.78 is 18.8. The minimum absolute atomic E-state index is 0.241. The molecule has 0 N–H and O–H groups in total. The summed E-state index contributed by atoms with van der Waals surface area (Å²) in [4.78, 5) is 3.13. The fourth-order valence-corrected chi connectivity index (χ4v) is 3.89. The van der Waals surface area contributed by atoms with Crippen LogP contribution in [-0.4, -0.2) is 24.9 Å². The fourth-order valence-electron chi connectivity index (χ4n) is 3.89. The van der Waals surface area contributed by atoms with Gasteiger partial charge in [-0.15, -0.1) is 0 Å². The Kier molecular flexibility index (Phi) is 11.9. The molecule has 3 atom stereocenters. The van der Waals surface area contributed by atoms with E-state index in [1.54, 1.807) is 0 Å². The maximum Gasteiger partial charge on any atom is 0.0948 e. The molecule has 0 radical (unpaired) electrons. The Labute approximate surface area is 208 Å². The van der Waals surface area contributed by atoms with Gasteiger partial charge in [0, 0.05) is 4.91 Å². The molecule has 3 aromatic carbocycles. The van der Waals surface area contributed by atoms with Gasteiger partial charge in [-0.25, -0.2) is 0 Å². The summed E-state index contributed by atoms with van der Waals surface area (Å²) in [6.07, 6.45) is 2.14. The van der Waals surface area contributed by atoms with Crippen LogP contribution < -0.4 is 0 Å². The standard InChI is InChI=1S/C29H35N3O3/c1-2-3-19-28(34-21-25-15-9-5-10-16-25)29(35-22-26-17-11-6-12-18-26)27(31-32-30)23-33-20-24-13-7-4-8-14-24/h4-18,27-29H,2-3,19-23H2,1H3/t27-,28+,29-/m0/s1. The van der Waals surface area contributed by atoms with Gasteiger partial charge in [0.15, 0.2) is 0 Å². The quantitative estimate of drug-likeness (QED) is 0.125. The van der Waals surface area contributed by atoms with Gasteiger partial charge in [0.05, 0.1) is 44.7 Å². The molecule has 0 spiro atoms. The number of azide groups is 1. The number of hydrogen-bond acceptors (Lipinski definition) is 4. The molecule has 6 nitrogen and oxygen atoms in total. The summed E-state index contributed by atoms with van der Waals surface area (Å²) in [5.41, 5.74) is 12.6. The van der Waals surface area contributed by atoms with Gasteiger partial charge in [-0.2, -0.15) is 0 Å². The highest BCUT2D eigenvalue weighted by molar-refractivity contribution is 5.15. The SMILES string of the molecule is CCCC[C@@H](OCc1ccccc1)[C@@H](OCc1ccccc1)[C@H](COCc1ccccc1)N=[N+]=[N-]. The van der Waals surface area contributed by atoms with Gasteiger partial charge in [0.2, 0.25) is 0 Å². The predicted molar refractivity (Wildman–Crippen MR) is 139 cm³/mol. The van der Waals surface area contributed by atoms with E-state index in [1.807, 2.05) is 91.0 Å². The second kappa shape index (κ2) is 15.7. The number of nitrogens with zero attached hydrogens (tertiary/aromatic N) is 3. The van der Waals surface area contributed by atoms with Crippen molar-refractivity contribution in [1.29, 1.82) is 0 Å². The highest BCUT2D eigenvalue weighted by Gasteiger charge is 2.31. The number of ether oxygens (including phenoxy) is 3. The molecule has 35 heavy (non-hydrogen) atoms. The first-order valence-corrected chi connectivity index (χ1v) is 12.3. The largest absolute Gasteiger partial charge is 0.376 e. The highest BCUT2D eigenvalue weighted by atomic mass is 16.5. The van der Waals surface area contributed by atoms with E-state index in [-0.39, 0.29) is 12.7 Å². The van der Waals surface area contributed by atoms with E-state index in [1.165, 1.54) is 0 Å². The lowest BCUT2D eigenvalue weighted by molar-refractivity contribution is -0.108. The Hall–Kier alpha value is -3.15. The summed E-state index contributed by atoms with van der Waals surface area (Å²) in [5.74, 6) is 0. The van der Waals surface area contributed by atoms with Crippen molar-refractivity contribution in [2.75, 3.05) is 6.61 Å². The van der Waals surface area contributed by atoms with Crippen molar-refractivity contribution in [1.82, 2.24) is 0 Å². The van der Waals surface area contributed by atoms with Gasteiger partial charge in [0.1, 0.15) is 0 Å². The minimum atomic E-state index is -0.523. The zero-order valence-corrected chi connectivity index (χ0v) is 20.4. The van der Waals surface area contributed by atoms with Crippen LogP contribution in [0.15, 0.2) is 96.1 Å². The third kappa shape index (κ3) is 9.55. The zero-order chi connectivity index (χ0) is 24.6. The van der Waals surface area contributed by atoms with Gasteiger partial charge < -0.3 is 14.2 Å². The number of rotatable bonds is 16. The van der Waals surface area contributed by atoms with Crippen LogP contribution in [0.3, 0.4) is 0 Å². The lowest BCUT2D eigenvalue weighted by Crippen LogP contribution is -2.42. The Morgan fingerprint density at radius 1 is 0.743 bits per heavy atom. The van der Waals surface area contributed by atoms with E-state index in [9.17, 15) is 5.53 Å². The Balaban J connectivity index is 1.76. The lowest BCUT2D eigenvalue weighted by atomic mass is 10.0. The summed E-state index contributed by atoms with van der Waals surface area (Å²) in [7, 11) is 0. The van der Waals surface area contributed by atoms with E-state index in [4.69, 9.17) is 14.2 Å². The molecule has 0 saturated heterocycles. The molecule has 0 fully saturated rings. The van der Waals surface area contributed by atoms with Crippen LogP contribution >= 0.6 is 0 Å². The van der Waals surface area contributed by atoms with Crippen molar-refractivity contribution >= 4 is 0 Å². The van der Waals surface area contributed by atoms with Gasteiger partial charge in [-0.3, -0.25) is 0 Å². The Morgan fingerprint density at radius 3 is 1.77 bits per heavy atom. The number of benzene rings is 3. The first kappa shape index (κ1) is 26.5. The van der Waals surface area contributed by atoms with Crippen LogP contribution in [0.5, 0.6) is 0 Å². The second-order valence-corrected chi connectivity index (χ2v) is 8.51. The minimum Gasteiger partial charge on any atom is -0.376 e. The van der Waals surface area contributed by atoms with E-state index < -0.39 is 12.1 Å². The van der Waals surface area contributed by atoms with E-state index in [0.29, 0.717) is 19.8 Å². The normalized spacial score (nSPS) is 13.5. The van der Waals surface area contributed by atoms with Crippen LogP contribution in [0.25, 0.3) is 10.4 Å². The average molecular weight is 474 g/mol. The molecule has 0 aliphatic rings. The van der Waals surface area contributed by atoms with Crippen molar-refractivity contribution < 1.29 is 14.2 Å². The maximum absolute atomic E-state index is 9.36. The summed E-state index contributed by atoms with van der Waals surface area (Å²) in [6, 6.07) is 29.5. The van der Waals surface area contributed by atoms with Crippen molar-refractivity contribution in [2.45, 2.75) is 64.3 Å². The summed E-state index contributed by atoms with van der Waals surface area (Å²) in [5, 5.41) is 4.10. The van der Waals surface area contributed by atoms with E-state index in [0.717, 1.165) is 36.0 Å². The molecule has 0 bridgehead atoms. The molecular weight excluding hydrogens is 438 g/mol. The fraction of sp³-hybridized carbons (Fsp3) is 0.379. The molecule has 0 amide bonds. The molecule has 0 aromatic heterocycles. The molecule has 0 aliphatic carbocycles. The molecule has 184 valence electrons. The van der Waals surface area contributed by atoms with Crippen LogP contribution in [0.4, 0.5) is 0 Å². The monoisotopic (exact) mass is 473 g/mol. The molecule has 3 aromatic rings. The van der Waals surface area contributed by atoms with Crippen molar-refractivity contribution in [2.24, 2.45) is 5.11 Å². The van der Waals surface area contributed by atoms with E-state index in [2.05, 4.69) is 16.9 Å². The smallest absolute Gasteiger partial charge is 0.0948 e. The average Bonchev–Trinajstić information content (AvgIpc) is 2.91. The zero-order valence-electron chi connectivity index (χ0n) is 20.4. The van der Waals surface area contributed by atoms with Gasteiger partial charge >= 0.3 is 0 Å². The van der Waals surface area contributed by atoms with Crippen molar-refractivity contribution in [3.05, 3.63) is 118 Å². The third-order valence-corrected chi connectivity index (χ3v) is 5.78. The predicted octanol–water partition coefficient (Wildman–Crippen LogP) is 7.24. The third-order valence-electron chi connectivity index (χ3n) is 5.78. The Bertz CT molecular complexity index is 995. The van der Waals surface area contributed by atoms with Crippen molar-refractivity contribution in [3.63, 3.8) is 0 Å². The maximum atomic E-state index is 9.36. The molecule has 6 heteroatoms. The summed E-state index contributed by atoms with van der Waals surface area (Å²) >= 11 is 0. The van der Waals surface area contributed by atoms with Crippen LogP contribution in [0.1, 0.15) is 42.9 Å². The van der Waals surface area contributed by atoms with Gasteiger partial charge in [-0.1, -0.05) is 116 Å². The molecule has 0 heterocycles. The number of unbranched alkanes of at least 4 members (excludes halogenated alkanes) is 1. The Morgan fingerprint density at radius 2 is 1.26 bits per heavy atom. The second-order valence-electron chi connectivity index (χ2n) is 8.51. The first-order chi connectivity index (χ1) is 17.3. The summed E-state index contributed by atoms with van der Waals surface area (Å²) in [6.45, 7) is 3.71. The molecule has 0 aliphatic heterocycles. The molecule has 0 saturated carbocycles. The lowest BCUT2D eigenvalue weighted by Gasteiger charge is -2.32. The number of hydrogen-bond donors (Lipinski definition) is 0. The van der Waals surface area contributed by atoms with Gasteiger partial charge in [-0.05, 0) is 28.6 Å². The highest BCUT2D eigenvalue weighted by Crippen LogP contribution is 2.22. The first-order valence-electron chi connectivity index (χ1n) is 12.3. The topological polar surface area (TPSA) is 76.5 Å². The molecule has 0 unspecified atom stereocenters. The van der Waals surface area contributed by atoms with Crippen LogP contribution in [0.2, 0.25) is 0 Å². The van der Waals surface area contributed by atoms with Crippen LogP contribution in [0, 0.1) is 0 Å². The van der Waals surface area contributed by atoms with Gasteiger partial charge in [0.25, 0.3) is 0 Å².